The summed E-state index contributed by atoms with van der Waals surface area (Å²) >= 11 is 2.89. The minimum absolute atomic E-state index is 0.293. The van der Waals surface area contributed by atoms with Crippen LogP contribution in [0, 0.1) is 12.8 Å². The first-order valence-electron chi connectivity index (χ1n) is 7.13. The lowest BCUT2D eigenvalue weighted by Crippen LogP contribution is -2.19. The van der Waals surface area contributed by atoms with E-state index in [0.717, 1.165) is 34.7 Å². The van der Waals surface area contributed by atoms with Crippen molar-refractivity contribution in [1.29, 1.82) is 0 Å². The fourth-order valence-corrected chi connectivity index (χ4v) is 4.74. The van der Waals surface area contributed by atoms with Gasteiger partial charge in [0.05, 0.1) is 10.6 Å². The molecule has 3 N–H and O–H groups in total. The minimum Gasteiger partial charge on any atom is -0.365 e. The first-order chi connectivity index (χ1) is 10.5. The summed E-state index contributed by atoms with van der Waals surface area (Å²) in [6.45, 7) is 4.05. The molecule has 0 bridgehead atoms. The summed E-state index contributed by atoms with van der Waals surface area (Å²) in [7, 11) is 0. The Bertz CT molecular complexity index is 748. The average Bonchev–Trinajstić information content (AvgIpc) is 3.01. The Labute approximate surface area is 136 Å². The number of aryl methyl sites for hydroxylation is 1. The van der Waals surface area contributed by atoms with Crippen molar-refractivity contribution in [3.8, 4) is 0 Å². The zero-order chi connectivity index (χ0) is 15.9. The normalized spacial score (nSPS) is 17.1. The maximum Gasteiger partial charge on any atom is 0.275 e. The number of nitrogens with zero attached hydrogens (tertiary/aromatic N) is 1. The molecule has 0 aliphatic heterocycles. The molecule has 5 nitrogen and oxygen atoms in total. The Kier molecular flexibility index (Phi) is 4.01. The zero-order valence-corrected chi connectivity index (χ0v) is 14.1. The molecular weight excluding hydrogens is 318 g/mol. The molecule has 2 heterocycles. The third-order valence-corrected chi connectivity index (χ3v) is 5.78. The molecule has 0 spiro atoms. The van der Waals surface area contributed by atoms with Gasteiger partial charge < -0.3 is 11.1 Å². The van der Waals surface area contributed by atoms with E-state index in [1.54, 1.807) is 5.38 Å². The third kappa shape index (κ3) is 2.78. The molecule has 2 aromatic heterocycles. The van der Waals surface area contributed by atoms with Gasteiger partial charge in [0.1, 0.15) is 10.7 Å². The molecule has 0 saturated heterocycles. The molecule has 0 saturated carbocycles. The molecule has 1 atom stereocenters. The number of hydrogen-bond donors (Lipinski definition) is 2. The number of rotatable bonds is 3. The minimum atomic E-state index is -0.475. The van der Waals surface area contributed by atoms with E-state index in [1.807, 2.05) is 6.92 Å². The molecule has 2 aromatic rings. The Morgan fingerprint density at radius 3 is 2.86 bits per heavy atom. The van der Waals surface area contributed by atoms with E-state index in [-0.39, 0.29) is 5.91 Å². The fourth-order valence-electron chi connectivity index (χ4n) is 2.73. The van der Waals surface area contributed by atoms with Crippen LogP contribution in [0.1, 0.15) is 49.6 Å². The highest BCUT2D eigenvalue weighted by Gasteiger charge is 2.27. The van der Waals surface area contributed by atoms with Gasteiger partial charge in [0.2, 0.25) is 0 Å². The highest BCUT2D eigenvalue weighted by molar-refractivity contribution is 7.17. The van der Waals surface area contributed by atoms with Gasteiger partial charge in [-0.25, -0.2) is 4.98 Å². The quantitative estimate of drug-likeness (QED) is 0.904. The number of anilines is 1. The number of hydrogen-bond acceptors (Lipinski definition) is 5. The smallest absolute Gasteiger partial charge is 0.275 e. The summed E-state index contributed by atoms with van der Waals surface area (Å²) in [5.74, 6) is -0.174. The van der Waals surface area contributed by atoms with Crippen molar-refractivity contribution in [2.24, 2.45) is 11.7 Å². The van der Waals surface area contributed by atoms with Crippen molar-refractivity contribution in [3.05, 3.63) is 32.1 Å². The largest absolute Gasteiger partial charge is 0.365 e. The number of nitrogens with two attached hydrogens (primary N) is 1. The molecule has 22 heavy (non-hydrogen) atoms. The lowest BCUT2D eigenvalue weighted by molar-refractivity contribution is 0.1000. The molecule has 1 aliphatic rings. The lowest BCUT2D eigenvalue weighted by Gasteiger charge is -2.18. The number of fused-ring (bicyclic) bond motifs is 1. The topological polar surface area (TPSA) is 85.1 Å². The zero-order valence-electron chi connectivity index (χ0n) is 12.4. The number of carbonyl (C=O) groups excluding carboxylic acids is 2. The molecule has 3 rings (SSSR count). The van der Waals surface area contributed by atoms with Gasteiger partial charge in [0.15, 0.2) is 0 Å². The molecule has 1 aliphatic carbocycles. The molecular formula is C15H17N3O2S2. The number of primary amides is 1. The van der Waals surface area contributed by atoms with Gasteiger partial charge in [-0.2, -0.15) is 0 Å². The van der Waals surface area contributed by atoms with Gasteiger partial charge in [-0.15, -0.1) is 22.7 Å². The fraction of sp³-hybridized carbons (Fsp3) is 0.400. The molecule has 0 radical (unpaired) electrons. The van der Waals surface area contributed by atoms with E-state index >= 15 is 0 Å². The van der Waals surface area contributed by atoms with Gasteiger partial charge in [-0.05, 0) is 37.7 Å². The summed E-state index contributed by atoms with van der Waals surface area (Å²) in [6.07, 6.45) is 2.82. The van der Waals surface area contributed by atoms with E-state index in [2.05, 4.69) is 17.2 Å². The Morgan fingerprint density at radius 1 is 1.45 bits per heavy atom. The highest BCUT2D eigenvalue weighted by atomic mass is 32.1. The predicted molar refractivity (Wildman–Crippen MR) is 88.8 cm³/mol. The first-order valence-corrected chi connectivity index (χ1v) is 8.83. The second-order valence-corrected chi connectivity index (χ2v) is 7.79. The van der Waals surface area contributed by atoms with Crippen LogP contribution in [0.3, 0.4) is 0 Å². The molecule has 2 amide bonds. The Hall–Kier alpha value is -1.73. The number of carbonyl (C=O) groups is 2. The highest BCUT2D eigenvalue weighted by Crippen LogP contribution is 2.39. The Morgan fingerprint density at radius 2 is 2.23 bits per heavy atom. The van der Waals surface area contributed by atoms with Crippen molar-refractivity contribution in [2.75, 3.05) is 5.32 Å². The summed E-state index contributed by atoms with van der Waals surface area (Å²) in [5.41, 5.74) is 7.41. The average molecular weight is 335 g/mol. The number of aromatic nitrogens is 1. The van der Waals surface area contributed by atoms with Gasteiger partial charge in [-0.1, -0.05) is 6.92 Å². The first kappa shape index (κ1) is 15.2. The van der Waals surface area contributed by atoms with E-state index in [0.29, 0.717) is 22.2 Å². The van der Waals surface area contributed by atoms with Crippen LogP contribution in [0.25, 0.3) is 0 Å². The number of thiazole rings is 1. The second kappa shape index (κ2) is 5.81. The predicted octanol–water partition coefficient (Wildman–Crippen LogP) is 2.99. The molecule has 0 aromatic carbocycles. The summed E-state index contributed by atoms with van der Waals surface area (Å²) in [4.78, 5) is 29.4. The van der Waals surface area contributed by atoms with Gasteiger partial charge in [0, 0.05) is 10.3 Å². The molecule has 7 heteroatoms. The van der Waals surface area contributed by atoms with Crippen LogP contribution >= 0.6 is 22.7 Å². The standard InChI is InChI=1S/C15H17N3O2S2/c1-7-3-4-9-11(5-7)22-15(12(9)13(16)19)18-14(20)10-6-21-8(2)17-10/h6-7H,3-5H2,1-2H3,(H2,16,19)(H,18,20). The maximum absolute atomic E-state index is 12.3. The Balaban J connectivity index is 1.93. The number of thiophene rings is 1. The van der Waals surface area contributed by atoms with Gasteiger partial charge >= 0.3 is 0 Å². The van der Waals surface area contributed by atoms with Gasteiger partial charge in [-0.3, -0.25) is 9.59 Å². The van der Waals surface area contributed by atoms with Gasteiger partial charge in [0.25, 0.3) is 11.8 Å². The van der Waals surface area contributed by atoms with Crippen LogP contribution < -0.4 is 11.1 Å². The van der Waals surface area contributed by atoms with Crippen LogP contribution in [0.2, 0.25) is 0 Å². The van der Waals surface area contributed by atoms with Crippen LogP contribution in [0.15, 0.2) is 5.38 Å². The van der Waals surface area contributed by atoms with Crippen molar-refractivity contribution >= 4 is 39.5 Å². The van der Waals surface area contributed by atoms with E-state index in [9.17, 15) is 9.59 Å². The van der Waals surface area contributed by atoms with Crippen molar-refractivity contribution in [2.45, 2.75) is 33.1 Å². The van der Waals surface area contributed by atoms with Crippen LogP contribution in [0.4, 0.5) is 5.00 Å². The van der Waals surface area contributed by atoms with Crippen LogP contribution in [-0.2, 0) is 12.8 Å². The number of nitrogens with one attached hydrogen (secondary N) is 1. The van der Waals surface area contributed by atoms with E-state index in [1.165, 1.54) is 22.7 Å². The summed E-state index contributed by atoms with van der Waals surface area (Å²) in [6, 6.07) is 0. The van der Waals surface area contributed by atoms with Crippen LogP contribution in [-0.4, -0.2) is 16.8 Å². The van der Waals surface area contributed by atoms with Crippen molar-refractivity contribution in [1.82, 2.24) is 4.98 Å². The number of amides is 2. The maximum atomic E-state index is 12.3. The van der Waals surface area contributed by atoms with E-state index in [4.69, 9.17) is 5.73 Å². The van der Waals surface area contributed by atoms with Crippen molar-refractivity contribution in [3.63, 3.8) is 0 Å². The molecule has 0 fully saturated rings. The van der Waals surface area contributed by atoms with Crippen molar-refractivity contribution < 1.29 is 9.59 Å². The van der Waals surface area contributed by atoms with E-state index < -0.39 is 5.91 Å². The summed E-state index contributed by atoms with van der Waals surface area (Å²) < 4.78 is 0. The molecule has 116 valence electrons. The lowest BCUT2D eigenvalue weighted by atomic mass is 9.88. The monoisotopic (exact) mass is 335 g/mol. The van der Waals surface area contributed by atoms with Crippen LogP contribution in [0.5, 0.6) is 0 Å². The summed E-state index contributed by atoms with van der Waals surface area (Å²) in [5, 5.41) is 5.92. The molecule has 1 unspecified atom stereocenters. The third-order valence-electron chi connectivity index (χ3n) is 3.84. The SMILES string of the molecule is Cc1nc(C(=O)Nc2sc3c(c2C(N)=O)CCC(C)C3)cs1. The second-order valence-electron chi connectivity index (χ2n) is 5.63.